The SMILES string of the molecule is Cc1nc(NC(=O)c2ccccc2Br)sc1Cc1ccc(Cl)cc1. The minimum atomic E-state index is -0.172. The molecule has 0 atom stereocenters. The fourth-order valence-electron chi connectivity index (χ4n) is 2.24. The predicted molar refractivity (Wildman–Crippen MR) is 103 cm³/mol. The number of nitrogens with one attached hydrogen (secondary N) is 1. The summed E-state index contributed by atoms with van der Waals surface area (Å²) in [5.74, 6) is -0.172. The van der Waals surface area contributed by atoms with Crippen molar-refractivity contribution >= 4 is 49.9 Å². The van der Waals surface area contributed by atoms with Crippen molar-refractivity contribution in [2.24, 2.45) is 0 Å². The van der Waals surface area contributed by atoms with Gasteiger partial charge in [-0.2, -0.15) is 0 Å². The topological polar surface area (TPSA) is 42.0 Å². The molecule has 1 amide bonds. The molecule has 2 aromatic carbocycles. The van der Waals surface area contributed by atoms with Gasteiger partial charge < -0.3 is 0 Å². The van der Waals surface area contributed by atoms with E-state index in [9.17, 15) is 4.79 Å². The number of carbonyl (C=O) groups excluding carboxylic acids is 1. The maximum Gasteiger partial charge on any atom is 0.258 e. The maximum atomic E-state index is 12.4. The highest BCUT2D eigenvalue weighted by molar-refractivity contribution is 9.10. The number of benzene rings is 2. The fraction of sp³-hybridized carbons (Fsp3) is 0.111. The van der Waals surface area contributed by atoms with E-state index in [1.165, 1.54) is 11.3 Å². The first-order chi connectivity index (χ1) is 11.5. The summed E-state index contributed by atoms with van der Waals surface area (Å²) in [7, 11) is 0. The normalized spacial score (nSPS) is 10.6. The van der Waals surface area contributed by atoms with Crippen molar-refractivity contribution in [3.05, 3.63) is 79.7 Å². The third-order valence-corrected chi connectivity index (χ3v) is 5.53. The second-order valence-electron chi connectivity index (χ2n) is 5.26. The molecular weight excluding hydrogens is 408 g/mol. The van der Waals surface area contributed by atoms with Crippen LogP contribution in [0.3, 0.4) is 0 Å². The number of anilines is 1. The second-order valence-corrected chi connectivity index (χ2v) is 7.64. The lowest BCUT2D eigenvalue weighted by atomic mass is 10.1. The van der Waals surface area contributed by atoms with Crippen LogP contribution < -0.4 is 5.32 Å². The highest BCUT2D eigenvalue weighted by atomic mass is 79.9. The molecular formula is C18H14BrClN2OS. The maximum absolute atomic E-state index is 12.4. The molecule has 1 heterocycles. The van der Waals surface area contributed by atoms with E-state index in [-0.39, 0.29) is 5.91 Å². The summed E-state index contributed by atoms with van der Waals surface area (Å²) in [5, 5.41) is 4.20. The molecule has 0 aliphatic carbocycles. The number of hydrogen-bond donors (Lipinski definition) is 1. The summed E-state index contributed by atoms with van der Waals surface area (Å²) in [4.78, 5) is 18.0. The van der Waals surface area contributed by atoms with Crippen molar-refractivity contribution in [3.63, 3.8) is 0 Å². The van der Waals surface area contributed by atoms with Gasteiger partial charge in [0.25, 0.3) is 5.91 Å². The highest BCUT2D eigenvalue weighted by Crippen LogP contribution is 2.27. The van der Waals surface area contributed by atoms with E-state index < -0.39 is 0 Å². The summed E-state index contributed by atoms with van der Waals surface area (Å²) in [6, 6.07) is 15.1. The first kappa shape index (κ1) is 17.1. The van der Waals surface area contributed by atoms with Crippen LogP contribution >= 0.6 is 38.9 Å². The molecule has 6 heteroatoms. The Morgan fingerprint density at radius 2 is 1.92 bits per heavy atom. The number of hydrogen-bond acceptors (Lipinski definition) is 3. The Hall–Kier alpha value is -1.69. The molecule has 0 fully saturated rings. The Morgan fingerprint density at radius 3 is 2.62 bits per heavy atom. The monoisotopic (exact) mass is 420 g/mol. The number of nitrogens with zero attached hydrogens (tertiary/aromatic N) is 1. The van der Waals surface area contributed by atoms with Crippen molar-refractivity contribution < 1.29 is 4.79 Å². The number of aryl methyl sites for hydroxylation is 1. The lowest BCUT2D eigenvalue weighted by Gasteiger charge is -2.03. The summed E-state index contributed by atoms with van der Waals surface area (Å²) >= 11 is 10.8. The molecule has 0 radical (unpaired) electrons. The standard InChI is InChI=1S/C18H14BrClN2OS/c1-11-16(10-12-6-8-13(20)9-7-12)24-18(21-11)22-17(23)14-4-2-3-5-15(14)19/h2-9H,10H2,1H3,(H,21,22,23). The molecule has 3 nitrogen and oxygen atoms in total. The third kappa shape index (κ3) is 4.04. The molecule has 3 aromatic rings. The summed E-state index contributed by atoms with van der Waals surface area (Å²) in [5.41, 5.74) is 2.68. The summed E-state index contributed by atoms with van der Waals surface area (Å²) < 4.78 is 0.761. The quantitative estimate of drug-likeness (QED) is 0.586. The zero-order valence-corrected chi connectivity index (χ0v) is 16.0. The molecule has 3 rings (SSSR count). The Labute approximate surface area is 157 Å². The van der Waals surface area contributed by atoms with Gasteiger partial charge in [-0.05, 0) is 52.7 Å². The Kier molecular flexibility index (Phi) is 5.33. The van der Waals surface area contributed by atoms with E-state index in [4.69, 9.17) is 11.6 Å². The van der Waals surface area contributed by atoms with E-state index in [1.807, 2.05) is 49.4 Å². The number of rotatable bonds is 4. The average molecular weight is 422 g/mol. The van der Waals surface area contributed by atoms with Gasteiger partial charge in [-0.15, -0.1) is 11.3 Å². The largest absolute Gasteiger partial charge is 0.298 e. The van der Waals surface area contributed by atoms with E-state index in [2.05, 4.69) is 26.2 Å². The lowest BCUT2D eigenvalue weighted by molar-refractivity contribution is 0.102. The summed E-state index contributed by atoms with van der Waals surface area (Å²) in [6.07, 6.45) is 0.769. The van der Waals surface area contributed by atoms with Crippen molar-refractivity contribution in [3.8, 4) is 0 Å². The molecule has 0 bridgehead atoms. The molecule has 24 heavy (non-hydrogen) atoms. The van der Waals surface area contributed by atoms with Crippen molar-refractivity contribution in [1.82, 2.24) is 4.98 Å². The highest BCUT2D eigenvalue weighted by Gasteiger charge is 2.14. The minimum Gasteiger partial charge on any atom is -0.298 e. The molecule has 0 aliphatic rings. The lowest BCUT2D eigenvalue weighted by Crippen LogP contribution is -2.12. The van der Waals surface area contributed by atoms with Crippen LogP contribution in [0.25, 0.3) is 0 Å². The number of amides is 1. The van der Waals surface area contributed by atoms with Crippen LogP contribution in [-0.4, -0.2) is 10.9 Å². The average Bonchev–Trinajstić information content (AvgIpc) is 2.89. The third-order valence-electron chi connectivity index (χ3n) is 3.51. The first-order valence-electron chi connectivity index (χ1n) is 7.29. The fourth-order valence-corrected chi connectivity index (χ4v) is 3.83. The first-order valence-corrected chi connectivity index (χ1v) is 9.28. The predicted octanol–water partition coefficient (Wildman–Crippen LogP) is 5.71. The number of thiazole rings is 1. The zero-order chi connectivity index (χ0) is 17.1. The zero-order valence-electron chi connectivity index (χ0n) is 12.8. The number of carbonyl (C=O) groups is 1. The van der Waals surface area contributed by atoms with Gasteiger partial charge >= 0.3 is 0 Å². The van der Waals surface area contributed by atoms with Crippen LogP contribution in [0, 0.1) is 6.92 Å². The minimum absolute atomic E-state index is 0.172. The Bertz CT molecular complexity index is 877. The molecule has 0 aliphatic heterocycles. The summed E-state index contributed by atoms with van der Waals surface area (Å²) in [6.45, 7) is 1.95. The van der Waals surface area contributed by atoms with Crippen LogP contribution in [0.5, 0.6) is 0 Å². The van der Waals surface area contributed by atoms with Gasteiger partial charge in [-0.3, -0.25) is 10.1 Å². The van der Waals surface area contributed by atoms with Crippen LogP contribution in [0.2, 0.25) is 5.02 Å². The van der Waals surface area contributed by atoms with Crippen LogP contribution in [0.1, 0.15) is 26.5 Å². The van der Waals surface area contributed by atoms with Gasteiger partial charge in [-0.25, -0.2) is 4.98 Å². The Morgan fingerprint density at radius 1 is 1.21 bits per heavy atom. The van der Waals surface area contributed by atoms with E-state index in [0.29, 0.717) is 10.7 Å². The van der Waals surface area contributed by atoms with Crippen LogP contribution in [0.4, 0.5) is 5.13 Å². The van der Waals surface area contributed by atoms with Gasteiger partial charge in [0.1, 0.15) is 0 Å². The Balaban J connectivity index is 1.75. The second kappa shape index (κ2) is 7.47. The van der Waals surface area contributed by atoms with Crippen molar-refractivity contribution in [2.75, 3.05) is 5.32 Å². The van der Waals surface area contributed by atoms with Gasteiger partial charge in [0.05, 0.1) is 11.3 Å². The van der Waals surface area contributed by atoms with E-state index in [0.717, 1.165) is 32.1 Å². The van der Waals surface area contributed by atoms with Gasteiger partial charge in [0.2, 0.25) is 0 Å². The van der Waals surface area contributed by atoms with Gasteiger partial charge in [-0.1, -0.05) is 35.9 Å². The van der Waals surface area contributed by atoms with Crippen LogP contribution in [-0.2, 0) is 6.42 Å². The number of halogens is 2. The molecule has 0 saturated heterocycles. The molecule has 0 unspecified atom stereocenters. The van der Waals surface area contributed by atoms with Gasteiger partial charge in [0, 0.05) is 20.8 Å². The molecule has 1 N–H and O–H groups in total. The molecule has 1 aromatic heterocycles. The number of aromatic nitrogens is 1. The molecule has 0 spiro atoms. The van der Waals surface area contributed by atoms with Crippen molar-refractivity contribution in [1.29, 1.82) is 0 Å². The van der Waals surface area contributed by atoms with E-state index in [1.54, 1.807) is 6.07 Å². The molecule has 0 saturated carbocycles. The smallest absolute Gasteiger partial charge is 0.258 e. The molecule has 122 valence electrons. The van der Waals surface area contributed by atoms with Crippen molar-refractivity contribution in [2.45, 2.75) is 13.3 Å². The van der Waals surface area contributed by atoms with E-state index >= 15 is 0 Å². The van der Waals surface area contributed by atoms with Gasteiger partial charge in [0.15, 0.2) is 5.13 Å². The van der Waals surface area contributed by atoms with Crippen LogP contribution in [0.15, 0.2) is 53.0 Å².